The summed E-state index contributed by atoms with van der Waals surface area (Å²) in [5.41, 5.74) is 2.30. The van der Waals surface area contributed by atoms with Gasteiger partial charge in [0.05, 0.1) is 5.56 Å². The van der Waals surface area contributed by atoms with Gasteiger partial charge in [-0.25, -0.2) is 0 Å². The van der Waals surface area contributed by atoms with Crippen LogP contribution in [0.2, 0.25) is 0 Å². The Morgan fingerprint density at radius 2 is 1.36 bits per heavy atom. The summed E-state index contributed by atoms with van der Waals surface area (Å²) in [6.07, 6.45) is -5.57. The molecule has 0 aromatic heterocycles. The predicted molar refractivity (Wildman–Crippen MR) is 127 cm³/mol. The normalized spacial score (nSPS) is 14.3. The Labute approximate surface area is 194 Å². The molecule has 0 heterocycles. The van der Waals surface area contributed by atoms with Crippen LogP contribution in [0.15, 0.2) is 78.9 Å². The lowest BCUT2D eigenvalue weighted by Crippen LogP contribution is -2.42. The Morgan fingerprint density at radius 3 is 1.97 bits per heavy atom. The second kappa shape index (κ2) is 10.1. The van der Waals surface area contributed by atoms with Crippen molar-refractivity contribution in [2.75, 3.05) is 6.54 Å². The van der Waals surface area contributed by atoms with Crippen molar-refractivity contribution < 1.29 is 18.3 Å². The fourth-order valence-corrected chi connectivity index (χ4v) is 3.93. The molecule has 0 saturated carbocycles. The number of aliphatic hydroxyl groups is 1. The van der Waals surface area contributed by atoms with Crippen molar-refractivity contribution in [1.82, 2.24) is 4.90 Å². The van der Waals surface area contributed by atoms with Gasteiger partial charge in [0.15, 0.2) is 0 Å². The summed E-state index contributed by atoms with van der Waals surface area (Å²) in [5.74, 6) is 0.168. The molecule has 2 unspecified atom stereocenters. The van der Waals surface area contributed by atoms with E-state index in [0.717, 1.165) is 30.8 Å². The lowest BCUT2D eigenvalue weighted by atomic mass is 9.92. The number of hydrogen-bond donors (Lipinski definition) is 1. The number of hydrogen-bond acceptors (Lipinski definition) is 2. The number of rotatable bonds is 7. The largest absolute Gasteiger partial charge is 0.416 e. The summed E-state index contributed by atoms with van der Waals surface area (Å²) in [6, 6.07) is 22.7. The minimum absolute atomic E-state index is 0.0424. The predicted octanol–water partition coefficient (Wildman–Crippen LogP) is 7.19. The van der Waals surface area contributed by atoms with Gasteiger partial charge in [0.2, 0.25) is 0 Å². The van der Waals surface area contributed by atoms with Crippen LogP contribution in [0.1, 0.15) is 67.5 Å². The molecule has 0 bridgehead atoms. The molecule has 3 rings (SSSR count). The molecule has 0 spiro atoms. The first-order valence-corrected chi connectivity index (χ1v) is 11.2. The monoisotopic (exact) mass is 455 g/mol. The van der Waals surface area contributed by atoms with Crippen LogP contribution in [0.5, 0.6) is 0 Å². The molecule has 0 fully saturated rings. The van der Waals surface area contributed by atoms with Gasteiger partial charge in [-0.15, -0.1) is 0 Å². The maximum atomic E-state index is 13.1. The molecule has 0 aliphatic rings. The number of alkyl halides is 3. The van der Waals surface area contributed by atoms with E-state index >= 15 is 0 Å². The standard InChI is InChI=1S/C28H32F3NO/c1-20(18-32(27(2,3)4)19-21-10-6-5-7-11-21)22-12-8-13-23(16-22)26(33)24-14-9-15-25(17-24)28(29,30)31/h5-17,20,26,33H,18-19H2,1-4H3. The van der Waals surface area contributed by atoms with Crippen molar-refractivity contribution in [3.63, 3.8) is 0 Å². The summed E-state index contributed by atoms with van der Waals surface area (Å²) in [6.45, 7) is 10.3. The topological polar surface area (TPSA) is 23.5 Å². The maximum Gasteiger partial charge on any atom is 0.416 e. The smallest absolute Gasteiger partial charge is 0.384 e. The lowest BCUT2D eigenvalue weighted by Gasteiger charge is -2.37. The molecule has 0 aliphatic carbocycles. The van der Waals surface area contributed by atoms with Crippen LogP contribution in [0.25, 0.3) is 0 Å². The van der Waals surface area contributed by atoms with Gasteiger partial charge < -0.3 is 5.11 Å². The van der Waals surface area contributed by atoms with Gasteiger partial charge >= 0.3 is 6.18 Å². The SMILES string of the molecule is CC(CN(Cc1ccccc1)C(C)(C)C)c1cccc(C(O)c2cccc(C(F)(F)F)c2)c1. The highest BCUT2D eigenvalue weighted by atomic mass is 19.4. The number of nitrogens with zero attached hydrogens (tertiary/aromatic N) is 1. The molecule has 0 aliphatic heterocycles. The maximum absolute atomic E-state index is 13.1. The van der Waals surface area contributed by atoms with Crippen LogP contribution in [0.4, 0.5) is 13.2 Å². The van der Waals surface area contributed by atoms with Crippen LogP contribution in [-0.2, 0) is 12.7 Å². The third-order valence-corrected chi connectivity index (χ3v) is 5.98. The van der Waals surface area contributed by atoms with Gasteiger partial charge in [-0.1, -0.05) is 73.7 Å². The van der Waals surface area contributed by atoms with Gasteiger partial charge in [-0.05, 0) is 61.1 Å². The van der Waals surface area contributed by atoms with Crippen molar-refractivity contribution in [1.29, 1.82) is 0 Å². The highest BCUT2D eigenvalue weighted by molar-refractivity contribution is 5.36. The van der Waals surface area contributed by atoms with E-state index in [2.05, 4.69) is 44.7 Å². The van der Waals surface area contributed by atoms with E-state index in [1.165, 1.54) is 17.7 Å². The van der Waals surface area contributed by atoms with Crippen LogP contribution in [0.3, 0.4) is 0 Å². The van der Waals surface area contributed by atoms with E-state index in [9.17, 15) is 18.3 Å². The van der Waals surface area contributed by atoms with Crippen LogP contribution < -0.4 is 0 Å². The molecule has 0 saturated heterocycles. The Hall–Kier alpha value is -2.63. The van der Waals surface area contributed by atoms with Gasteiger partial charge in [0.25, 0.3) is 0 Å². The zero-order valence-electron chi connectivity index (χ0n) is 19.6. The first-order chi connectivity index (χ1) is 15.4. The Kier molecular flexibility index (Phi) is 7.65. The van der Waals surface area contributed by atoms with Gasteiger partial charge in [0.1, 0.15) is 6.10 Å². The number of benzene rings is 3. The average Bonchev–Trinajstić information content (AvgIpc) is 2.78. The average molecular weight is 456 g/mol. The second-order valence-electron chi connectivity index (χ2n) is 9.63. The molecule has 3 aromatic rings. The first-order valence-electron chi connectivity index (χ1n) is 11.2. The summed E-state index contributed by atoms with van der Waals surface area (Å²) >= 11 is 0. The van der Waals surface area contributed by atoms with Crippen molar-refractivity contribution >= 4 is 0 Å². The Bertz CT molecular complexity index is 1040. The Balaban J connectivity index is 1.80. The van der Waals surface area contributed by atoms with E-state index < -0.39 is 17.8 Å². The van der Waals surface area contributed by atoms with E-state index in [0.29, 0.717) is 5.56 Å². The molecule has 1 N–H and O–H groups in total. The molecular formula is C28H32F3NO. The summed E-state index contributed by atoms with van der Waals surface area (Å²) in [5, 5.41) is 10.8. The van der Waals surface area contributed by atoms with Crippen molar-refractivity contribution in [3.8, 4) is 0 Å². The summed E-state index contributed by atoms with van der Waals surface area (Å²) in [7, 11) is 0. The molecular weight excluding hydrogens is 423 g/mol. The minimum atomic E-state index is -4.44. The number of halogens is 3. The summed E-state index contributed by atoms with van der Waals surface area (Å²) < 4.78 is 39.3. The van der Waals surface area contributed by atoms with E-state index in [1.807, 2.05) is 36.4 Å². The number of aliphatic hydroxyl groups excluding tert-OH is 1. The van der Waals surface area contributed by atoms with Gasteiger partial charge in [-0.3, -0.25) is 4.90 Å². The minimum Gasteiger partial charge on any atom is -0.384 e. The molecule has 0 radical (unpaired) electrons. The van der Waals surface area contributed by atoms with Crippen molar-refractivity contribution in [3.05, 3.63) is 107 Å². The summed E-state index contributed by atoms with van der Waals surface area (Å²) in [4.78, 5) is 2.42. The van der Waals surface area contributed by atoms with Crippen molar-refractivity contribution in [2.45, 2.75) is 58.0 Å². The van der Waals surface area contributed by atoms with E-state index in [4.69, 9.17) is 0 Å². The van der Waals surface area contributed by atoms with Crippen molar-refractivity contribution in [2.24, 2.45) is 0 Å². The Morgan fingerprint density at radius 1 is 0.788 bits per heavy atom. The fraction of sp³-hybridized carbons (Fsp3) is 0.357. The highest BCUT2D eigenvalue weighted by Gasteiger charge is 2.31. The van der Waals surface area contributed by atoms with Gasteiger partial charge in [-0.2, -0.15) is 13.2 Å². The molecule has 176 valence electrons. The van der Waals surface area contributed by atoms with Crippen LogP contribution in [0, 0.1) is 0 Å². The highest BCUT2D eigenvalue weighted by Crippen LogP contribution is 2.33. The third-order valence-electron chi connectivity index (χ3n) is 5.98. The van der Waals surface area contributed by atoms with E-state index in [1.54, 1.807) is 6.07 Å². The molecule has 5 heteroatoms. The third kappa shape index (κ3) is 6.68. The fourth-order valence-electron chi connectivity index (χ4n) is 3.93. The lowest BCUT2D eigenvalue weighted by molar-refractivity contribution is -0.137. The van der Waals surface area contributed by atoms with Crippen LogP contribution in [-0.4, -0.2) is 22.1 Å². The molecule has 2 atom stereocenters. The quantitative estimate of drug-likeness (QED) is 0.407. The molecule has 0 amide bonds. The molecule has 3 aromatic carbocycles. The molecule has 2 nitrogen and oxygen atoms in total. The van der Waals surface area contributed by atoms with Crippen LogP contribution >= 0.6 is 0 Å². The molecule has 33 heavy (non-hydrogen) atoms. The zero-order chi connectivity index (χ0) is 24.2. The second-order valence-corrected chi connectivity index (χ2v) is 9.63. The zero-order valence-corrected chi connectivity index (χ0v) is 19.6. The van der Waals surface area contributed by atoms with E-state index in [-0.39, 0.29) is 17.0 Å². The first kappa shape index (κ1) is 25.0. The van der Waals surface area contributed by atoms with Gasteiger partial charge in [0, 0.05) is 18.6 Å².